The Kier molecular flexibility index (Phi) is 5.76. The lowest BCUT2D eigenvalue weighted by atomic mass is 10.1. The molecule has 5 nitrogen and oxygen atoms in total. The molecular weight excluding hydrogens is 385 g/mol. The molecule has 0 unspecified atom stereocenters. The van der Waals surface area contributed by atoms with Gasteiger partial charge in [-0.15, -0.1) is 17.9 Å². The lowest BCUT2D eigenvalue weighted by Crippen LogP contribution is -2.31. The first-order chi connectivity index (χ1) is 12.9. The fourth-order valence-electron chi connectivity index (χ4n) is 2.53. The highest BCUT2D eigenvalue weighted by molar-refractivity contribution is 8.00. The van der Waals surface area contributed by atoms with E-state index in [1.165, 1.54) is 39.8 Å². The minimum Gasteiger partial charge on any atom is -0.352 e. The minimum absolute atomic E-state index is 0.146. The molecule has 1 aromatic carbocycles. The number of thiophene rings is 1. The van der Waals surface area contributed by atoms with E-state index in [-0.39, 0.29) is 17.3 Å². The molecule has 0 aliphatic rings. The van der Waals surface area contributed by atoms with E-state index in [9.17, 15) is 14.0 Å². The molecule has 0 aliphatic carbocycles. The summed E-state index contributed by atoms with van der Waals surface area (Å²) < 4.78 is 14.6. The molecule has 0 fully saturated rings. The van der Waals surface area contributed by atoms with Crippen LogP contribution in [0.15, 0.2) is 52.3 Å². The van der Waals surface area contributed by atoms with Crippen LogP contribution in [-0.2, 0) is 11.8 Å². The van der Waals surface area contributed by atoms with Gasteiger partial charge in [0.25, 0.3) is 5.56 Å². The summed E-state index contributed by atoms with van der Waals surface area (Å²) in [4.78, 5) is 30.2. The van der Waals surface area contributed by atoms with Gasteiger partial charge in [0.1, 0.15) is 10.6 Å². The summed E-state index contributed by atoms with van der Waals surface area (Å²) in [6, 6.07) is 6.02. The maximum atomic E-state index is 13.2. The number of carbonyl (C=O) groups excluding carboxylic acids is 1. The highest BCUT2D eigenvalue weighted by atomic mass is 32.2. The summed E-state index contributed by atoms with van der Waals surface area (Å²) in [6.45, 7) is 5.72. The van der Waals surface area contributed by atoms with Crippen molar-refractivity contribution in [3.8, 4) is 11.1 Å². The molecule has 0 spiro atoms. The van der Waals surface area contributed by atoms with Crippen molar-refractivity contribution in [3.63, 3.8) is 0 Å². The van der Waals surface area contributed by atoms with Gasteiger partial charge in [-0.1, -0.05) is 30.0 Å². The van der Waals surface area contributed by atoms with Crippen LogP contribution in [0.1, 0.15) is 6.92 Å². The van der Waals surface area contributed by atoms with E-state index < -0.39 is 5.25 Å². The maximum Gasteiger partial charge on any atom is 0.263 e. The van der Waals surface area contributed by atoms with E-state index in [0.29, 0.717) is 21.9 Å². The molecule has 0 aliphatic heterocycles. The van der Waals surface area contributed by atoms with Gasteiger partial charge in [0.15, 0.2) is 5.16 Å². The number of thioether (sulfide) groups is 1. The molecule has 2 heterocycles. The molecule has 27 heavy (non-hydrogen) atoms. The van der Waals surface area contributed by atoms with Crippen molar-refractivity contribution in [2.24, 2.45) is 7.05 Å². The van der Waals surface area contributed by atoms with E-state index in [2.05, 4.69) is 16.9 Å². The highest BCUT2D eigenvalue weighted by Gasteiger charge is 2.20. The molecule has 3 rings (SSSR count). The number of nitrogens with one attached hydrogen (secondary N) is 1. The van der Waals surface area contributed by atoms with E-state index in [1.807, 2.05) is 5.38 Å². The molecule has 0 bridgehead atoms. The first-order valence-corrected chi connectivity index (χ1v) is 9.97. The zero-order chi connectivity index (χ0) is 19.6. The van der Waals surface area contributed by atoms with Crippen molar-refractivity contribution < 1.29 is 9.18 Å². The van der Waals surface area contributed by atoms with Gasteiger partial charge < -0.3 is 5.32 Å². The van der Waals surface area contributed by atoms with Gasteiger partial charge in [-0.3, -0.25) is 14.2 Å². The van der Waals surface area contributed by atoms with Crippen molar-refractivity contribution in [1.82, 2.24) is 14.9 Å². The predicted molar refractivity (Wildman–Crippen MR) is 109 cm³/mol. The fourth-order valence-corrected chi connectivity index (χ4v) is 4.42. The highest BCUT2D eigenvalue weighted by Crippen LogP contribution is 2.32. The summed E-state index contributed by atoms with van der Waals surface area (Å²) in [5.74, 6) is -0.473. The Morgan fingerprint density at radius 1 is 1.44 bits per heavy atom. The van der Waals surface area contributed by atoms with Crippen LogP contribution in [0.25, 0.3) is 21.3 Å². The summed E-state index contributed by atoms with van der Waals surface area (Å²) in [6.07, 6.45) is 1.61. The number of aromatic nitrogens is 2. The number of carbonyl (C=O) groups is 1. The van der Waals surface area contributed by atoms with Crippen molar-refractivity contribution >= 4 is 39.2 Å². The van der Waals surface area contributed by atoms with Gasteiger partial charge in [0, 0.05) is 24.5 Å². The second-order valence-electron chi connectivity index (χ2n) is 5.89. The van der Waals surface area contributed by atoms with Crippen molar-refractivity contribution in [1.29, 1.82) is 0 Å². The van der Waals surface area contributed by atoms with Gasteiger partial charge >= 0.3 is 0 Å². The number of benzene rings is 1. The van der Waals surface area contributed by atoms with Crippen molar-refractivity contribution in [3.05, 3.63) is 58.5 Å². The third-order valence-electron chi connectivity index (χ3n) is 4.00. The van der Waals surface area contributed by atoms with Crippen LogP contribution in [0.2, 0.25) is 0 Å². The topological polar surface area (TPSA) is 64.0 Å². The molecule has 1 N–H and O–H groups in total. The second kappa shape index (κ2) is 8.06. The van der Waals surface area contributed by atoms with Gasteiger partial charge in [0.2, 0.25) is 5.91 Å². The molecule has 0 saturated carbocycles. The number of halogens is 1. The zero-order valence-corrected chi connectivity index (χ0v) is 16.5. The van der Waals surface area contributed by atoms with E-state index in [4.69, 9.17) is 0 Å². The van der Waals surface area contributed by atoms with E-state index in [0.717, 1.165) is 11.1 Å². The van der Waals surface area contributed by atoms with E-state index >= 15 is 0 Å². The van der Waals surface area contributed by atoms with Gasteiger partial charge in [0.05, 0.1) is 10.6 Å². The second-order valence-corrected chi connectivity index (χ2v) is 8.05. The van der Waals surface area contributed by atoms with Gasteiger partial charge in [-0.2, -0.15) is 0 Å². The van der Waals surface area contributed by atoms with Crippen LogP contribution in [0, 0.1) is 5.82 Å². The lowest BCUT2D eigenvalue weighted by Gasteiger charge is -2.13. The van der Waals surface area contributed by atoms with Crippen LogP contribution in [0.4, 0.5) is 4.39 Å². The number of hydrogen-bond donors (Lipinski definition) is 1. The number of hydrogen-bond acceptors (Lipinski definition) is 5. The predicted octanol–water partition coefficient (Wildman–Crippen LogP) is 3.58. The SMILES string of the molecule is C=CCNC(=O)[C@@H](C)Sc1nc2scc(-c3ccc(F)cc3)c2c(=O)n1C. The van der Waals surface area contributed by atoms with Gasteiger partial charge in [-0.25, -0.2) is 9.37 Å². The third-order valence-corrected chi connectivity index (χ3v) is 6.02. The Bertz CT molecular complexity index is 1060. The molecule has 2 aromatic heterocycles. The molecule has 8 heteroatoms. The Hall–Kier alpha value is -2.45. The number of rotatable bonds is 6. The fraction of sp³-hybridized carbons (Fsp3) is 0.211. The Morgan fingerprint density at radius 3 is 2.81 bits per heavy atom. The Balaban J connectivity index is 1.98. The molecule has 1 atom stereocenters. The number of nitrogens with zero attached hydrogens (tertiary/aromatic N) is 2. The quantitative estimate of drug-likeness (QED) is 0.388. The van der Waals surface area contributed by atoms with Crippen LogP contribution < -0.4 is 10.9 Å². The molecule has 0 radical (unpaired) electrons. The van der Waals surface area contributed by atoms with Crippen LogP contribution in [0.5, 0.6) is 0 Å². The first-order valence-electron chi connectivity index (χ1n) is 8.21. The maximum absolute atomic E-state index is 13.2. The molecule has 0 saturated heterocycles. The van der Waals surface area contributed by atoms with Crippen LogP contribution in [0.3, 0.4) is 0 Å². The van der Waals surface area contributed by atoms with Crippen LogP contribution >= 0.6 is 23.1 Å². The number of fused-ring (bicyclic) bond motifs is 1. The van der Waals surface area contributed by atoms with E-state index in [1.54, 1.807) is 32.2 Å². The third kappa shape index (κ3) is 3.96. The Morgan fingerprint density at radius 2 is 2.15 bits per heavy atom. The zero-order valence-electron chi connectivity index (χ0n) is 14.9. The molecular formula is C19H18FN3O2S2. The molecule has 3 aromatic rings. The van der Waals surface area contributed by atoms with Crippen LogP contribution in [-0.4, -0.2) is 27.3 Å². The Labute approximate surface area is 163 Å². The largest absolute Gasteiger partial charge is 0.352 e. The average molecular weight is 404 g/mol. The molecule has 1 amide bonds. The summed E-state index contributed by atoms with van der Waals surface area (Å²) in [5, 5.41) is 5.15. The monoisotopic (exact) mass is 403 g/mol. The normalized spacial score (nSPS) is 12.1. The summed E-state index contributed by atoms with van der Waals surface area (Å²) >= 11 is 2.58. The molecule has 140 valence electrons. The standard InChI is InChI=1S/C19H18FN3O2S2/c1-4-9-21-16(24)11(2)27-19-22-17-15(18(25)23(19)3)14(10-26-17)12-5-7-13(20)8-6-12/h4-8,10-11H,1,9H2,2-3H3,(H,21,24)/t11-/m1/s1. The van der Waals surface area contributed by atoms with Crippen molar-refractivity contribution in [2.75, 3.05) is 6.54 Å². The smallest absolute Gasteiger partial charge is 0.263 e. The lowest BCUT2D eigenvalue weighted by molar-refractivity contribution is -0.120. The van der Waals surface area contributed by atoms with Crippen molar-refractivity contribution in [2.45, 2.75) is 17.3 Å². The summed E-state index contributed by atoms with van der Waals surface area (Å²) in [5.41, 5.74) is 1.30. The first kappa shape index (κ1) is 19.3. The summed E-state index contributed by atoms with van der Waals surface area (Å²) in [7, 11) is 1.64. The minimum atomic E-state index is -0.406. The van der Waals surface area contributed by atoms with Gasteiger partial charge in [-0.05, 0) is 24.6 Å². The number of amides is 1. The average Bonchev–Trinajstić information content (AvgIpc) is 3.08.